The number of hydrogen-bond acceptors (Lipinski definition) is 7. The van der Waals surface area contributed by atoms with Crippen molar-refractivity contribution in [3.63, 3.8) is 0 Å². The van der Waals surface area contributed by atoms with Crippen LogP contribution >= 0.6 is 23.2 Å². The number of nitrogens with two attached hydrogens (primary N) is 1. The van der Waals surface area contributed by atoms with Crippen molar-refractivity contribution in [2.45, 2.75) is 19.0 Å². The van der Waals surface area contributed by atoms with E-state index < -0.39 is 23.3 Å². The van der Waals surface area contributed by atoms with E-state index in [0.717, 1.165) is 6.07 Å². The zero-order chi connectivity index (χ0) is 24.5. The Morgan fingerprint density at radius 2 is 1.91 bits per heavy atom. The van der Waals surface area contributed by atoms with Crippen LogP contribution in [0.3, 0.4) is 0 Å². The third-order valence-electron chi connectivity index (χ3n) is 4.85. The fourth-order valence-corrected chi connectivity index (χ4v) is 3.75. The number of carbonyl (C=O) groups is 1. The minimum Gasteiger partial charge on any atom is -0.383 e. The number of ketones is 1. The van der Waals surface area contributed by atoms with Gasteiger partial charge in [0.2, 0.25) is 5.95 Å². The lowest BCUT2D eigenvalue weighted by Crippen LogP contribution is -2.24. The summed E-state index contributed by atoms with van der Waals surface area (Å²) in [5, 5.41) is 8.26. The molecule has 13 heteroatoms. The molecule has 0 aliphatic rings. The average Bonchev–Trinajstić information content (AvgIpc) is 3.24. The first-order valence-corrected chi connectivity index (χ1v) is 10.7. The number of Topliss-reactive ketones (excluding diaryl/α,β-unsaturated/α-hetero) is 1. The van der Waals surface area contributed by atoms with E-state index >= 15 is 0 Å². The predicted molar refractivity (Wildman–Crippen MR) is 122 cm³/mol. The lowest BCUT2D eigenvalue weighted by atomic mass is 10.1. The number of aromatic nitrogens is 5. The van der Waals surface area contributed by atoms with Gasteiger partial charge in [-0.1, -0.05) is 23.2 Å². The van der Waals surface area contributed by atoms with Gasteiger partial charge in [0.15, 0.2) is 5.65 Å². The quantitative estimate of drug-likeness (QED) is 0.270. The van der Waals surface area contributed by atoms with Gasteiger partial charge in [0.25, 0.3) is 5.78 Å². The molecule has 1 aromatic carbocycles. The first-order valence-electron chi connectivity index (χ1n) is 9.90. The molecule has 0 unspecified atom stereocenters. The maximum absolute atomic E-state index is 12.6. The van der Waals surface area contributed by atoms with Crippen LogP contribution in [-0.4, -0.2) is 43.1 Å². The van der Waals surface area contributed by atoms with Gasteiger partial charge < -0.3 is 11.1 Å². The van der Waals surface area contributed by atoms with Gasteiger partial charge in [-0.2, -0.15) is 22.8 Å². The number of nitrogen functional groups attached to an aromatic ring is 1. The molecule has 0 aliphatic heterocycles. The van der Waals surface area contributed by atoms with E-state index in [1.165, 1.54) is 16.9 Å². The molecule has 0 amide bonds. The number of carbonyl (C=O) groups excluding carboxylic acids is 1. The molecule has 0 atom stereocenters. The Kier molecular flexibility index (Phi) is 6.58. The fraction of sp³-hybridized carbons (Fsp3) is 0.190. The van der Waals surface area contributed by atoms with Gasteiger partial charge in [0, 0.05) is 28.9 Å². The molecule has 34 heavy (non-hydrogen) atoms. The van der Waals surface area contributed by atoms with E-state index in [-0.39, 0.29) is 0 Å². The van der Waals surface area contributed by atoms with Crippen LogP contribution in [-0.2, 0) is 6.42 Å². The average molecular weight is 510 g/mol. The molecular weight excluding hydrogens is 494 g/mol. The second kappa shape index (κ2) is 9.43. The number of aryl methyl sites for hydroxylation is 1. The number of alkyl halides is 3. The van der Waals surface area contributed by atoms with Gasteiger partial charge in [0.1, 0.15) is 12.1 Å². The smallest absolute Gasteiger partial charge is 0.383 e. The molecule has 176 valence electrons. The minimum atomic E-state index is -5.01. The van der Waals surface area contributed by atoms with Crippen LogP contribution in [0.4, 0.5) is 24.9 Å². The second-order valence-corrected chi connectivity index (χ2v) is 8.06. The normalized spacial score (nSPS) is 11.7. The number of rotatable bonds is 7. The summed E-state index contributed by atoms with van der Waals surface area (Å²) in [6.45, 7) is 0.435. The maximum atomic E-state index is 12.6. The van der Waals surface area contributed by atoms with Crippen LogP contribution in [0, 0.1) is 0 Å². The monoisotopic (exact) mass is 509 g/mol. The first kappa shape index (κ1) is 23.7. The third kappa shape index (κ3) is 5.05. The predicted octanol–water partition coefficient (Wildman–Crippen LogP) is 4.87. The Morgan fingerprint density at radius 3 is 2.62 bits per heavy atom. The van der Waals surface area contributed by atoms with Gasteiger partial charge >= 0.3 is 6.18 Å². The van der Waals surface area contributed by atoms with E-state index in [2.05, 4.69) is 25.4 Å². The number of pyridine rings is 1. The molecule has 0 spiro atoms. The number of nitrogens with zero attached hydrogens (tertiary/aromatic N) is 5. The van der Waals surface area contributed by atoms with Crippen molar-refractivity contribution < 1.29 is 18.0 Å². The summed E-state index contributed by atoms with van der Waals surface area (Å²) < 4.78 is 39.4. The van der Waals surface area contributed by atoms with Crippen molar-refractivity contribution in [3.8, 4) is 11.3 Å². The molecule has 4 rings (SSSR count). The van der Waals surface area contributed by atoms with Crippen molar-refractivity contribution in [1.29, 1.82) is 0 Å². The van der Waals surface area contributed by atoms with Crippen LogP contribution in [0.25, 0.3) is 16.9 Å². The fourth-order valence-electron chi connectivity index (χ4n) is 3.25. The molecule has 3 aromatic heterocycles. The number of halogens is 5. The van der Waals surface area contributed by atoms with E-state index in [0.29, 0.717) is 58.0 Å². The highest BCUT2D eigenvalue weighted by Gasteiger charge is 2.40. The molecule has 0 aliphatic carbocycles. The first-order chi connectivity index (χ1) is 16.1. The summed E-state index contributed by atoms with van der Waals surface area (Å²) in [6, 6.07) is 9.22. The Balaban J connectivity index is 1.46. The maximum Gasteiger partial charge on any atom is 0.455 e. The van der Waals surface area contributed by atoms with Crippen LogP contribution in [0.15, 0.2) is 42.7 Å². The van der Waals surface area contributed by atoms with E-state index in [9.17, 15) is 18.0 Å². The second-order valence-electron chi connectivity index (χ2n) is 7.21. The van der Waals surface area contributed by atoms with Gasteiger partial charge in [-0.15, -0.1) is 0 Å². The molecule has 3 heterocycles. The molecule has 0 fully saturated rings. The highest BCUT2D eigenvalue weighted by molar-refractivity contribution is 6.36. The molecule has 4 aromatic rings. The summed E-state index contributed by atoms with van der Waals surface area (Å²) in [7, 11) is 0. The van der Waals surface area contributed by atoms with Gasteiger partial charge in [-0.3, -0.25) is 4.79 Å². The standard InChI is InChI=1S/C21H16Cl2F3N7O/c22-11-3-5-13(15(23)8-11)16-9-17-29-10-30-33(17)20(32-16)28-7-1-2-12-4-6-14(19(27)31-12)18(34)21(24,25)26/h3-6,8-10H,1-2,7H2,(H2,27,31)(H,28,32). The van der Waals surface area contributed by atoms with Crippen LogP contribution in [0.2, 0.25) is 10.0 Å². The van der Waals surface area contributed by atoms with Crippen molar-refractivity contribution >= 4 is 46.4 Å². The number of anilines is 2. The summed E-state index contributed by atoms with van der Waals surface area (Å²) in [5.41, 5.74) is 7.16. The van der Waals surface area contributed by atoms with Gasteiger partial charge in [-0.25, -0.2) is 15.0 Å². The van der Waals surface area contributed by atoms with Crippen LogP contribution < -0.4 is 11.1 Å². The Labute approximate surface area is 200 Å². The lowest BCUT2D eigenvalue weighted by molar-refractivity contribution is -0.0884. The number of hydrogen-bond donors (Lipinski definition) is 2. The summed E-state index contributed by atoms with van der Waals surface area (Å²) in [5.74, 6) is -2.05. The zero-order valence-corrected chi connectivity index (χ0v) is 18.8. The summed E-state index contributed by atoms with van der Waals surface area (Å²) >= 11 is 12.3. The SMILES string of the molecule is Nc1nc(CCCNc2nc(-c3ccc(Cl)cc3Cl)cc3ncnn23)ccc1C(=O)C(F)(F)F. The molecule has 8 nitrogen and oxygen atoms in total. The molecule has 0 saturated carbocycles. The lowest BCUT2D eigenvalue weighted by Gasteiger charge is -2.11. The largest absolute Gasteiger partial charge is 0.455 e. The molecule has 0 saturated heterocycles. The third-order valence-corrected chi connectivity index (χ3v) is 5.40. The summed E-state index contributed by atoms with van der Waals surface area (Å²) in [4.78, 5) is 24.1. The van der Waals surface area contributed by atoms with Crippen molar-refractivity contribution in [1.82, 2.24) is 24.6 Å². The van der Waals surface area contributed by atoms with E-state index in [4.69, 9.17) is 28.9 Å². The minimum absolute atomic E-state index is 0.404. The van der Waals surface area contributed by atoms with Crippen LogP contribution in [0.5, 0.6) is 0 Å². The van der Waals surface area contributed by atoms with Crippen molar-refractivity contribution in [2.24, 2.45) is 0 Å². The number of fused-ring (bicyclic) bond motifs is 1. The highest BCUT2D eigenvalue weighted by atomic mass is 35.5. The van der Waals surface area contributed by atoms with Crippen molar-refractivity contribution in [3.05, 3.63) is 64.0 Å². The van der Waals surface area contributed by atoms with Gasteiger partial charge in [0.05, 0.1) is 16.3 Å². The van der Waals surface area contributed by atoms with Crippen molar-refractivity contribution in [2.75, 3.05) is 17.6 Å². The molecule has 0 radical (unpaired) electrons. The molecule has 0 bridgehead atoms. The van der Waals surface area contributed by atoms with Crippen LogP contribution in [0.1, 0.15) is 22.5 Å². The number of benzene rings is 1. The van der Waals surface area contributed by atoms with Gasteiger partial charge in [-0.05, 0) is 43.2 Å². The Morgan fingerprint density at radius 1 is 1.12 bits per heavy atom. The van der Waals surface area contributed by atoms with E-state index in [1.54, 1.807) is 24.3 Å². The van der Waals surface area contributed by atoms with E-state index in [1.807, 2.05) is 0 Å². The Bertz CT molecular complexity index is 1370. The molecule has 3 N–H and O–H groups in total. The Hall–Kier alpha value is -3.44. The molecular formula is C21H16Cl2F3N7O. The number of nitrogens with one attached hydrogen (secondary N) is 1. The summed E-state index contributed by atoms with van der Waals surface area (Å²) in [6.07, 6.45) is -2.67. The highest BCUT2D eigenvalue weighted by Crippen LogP contribution is 2.30. The topological polar surface area (TPSA) is 111 Å². The zero-order valence-electron chi connectivity index (χ0n) is 17.3.